The van der Waals surface area contributed by atoms with Gasteiger partial charge >= 0.3 is 5.97 Å². The van der Waals surface area contributed by atoms with Crippen LogP contribution >= 0.6 is 0 Å². The fourth-order valence-corrected chi connectivity index (χ4v) is 2.98. The van der Waals surface area contributed by atoms with Gasteiger partial charge in [0.15, 0.2) is 0 Å². The summed E-state index contributed by atoms with van der Waals surface area (Å²) in [5.41, 5.74) is -0.810. The molecule has 0 aromatic carbocycles. The highest BCUT2D eigenvalue weighted by molar-refractivity contribution is 5.78. The average Bonchev–Trinajstić information content (AvgIpc) is 3.12. The van der Waals surface area contributed by atoms with Gasteiger partial charge in [-0.15, -0.1) is 0 Å². The van der Waals surface area contributed by atoms with E-state index in [4.69, 9.17) is 0 Å². The fourth-order valence-electron chi connectivity index (χ4n) is 2.98. The highest BCUT2D eigenvalue weighted by atomic mass is 16.4. The molecule has 0 aromatic heterocycles. The summed E-state index contributed by atoms with van der Waals surface area (Å²) in [4.78, 5) is 16.3. The van der Waals surface area contributed by atoms with E-state index in [1.165, 1.54) is 0 Å². The fraction of sp³-hybridized carbons (Fsp3) is 0.929. The maximum Gasteiger partial charge on any atom is 0.324 e. The van der Waals surface area contributed by atoms with Crippen LogP contribution in [0.5, 0.6) is 0 Å². The Hall–Kier alpha value is -0.650. The predicted molar refractivity (Wildman–Crippen MR) is 75.3 cm³/mol. The van der Waals surface area contributed by atoms with Crippen molar-refractivity contribution in [3.8, 4) is 0 Å². The van der Waals surface area contributed by atoms with E-state index >= 15 is 0 Å². The number of carboxylic acids is 1. The standard InChI is InChI=1S/C14H27N3O2/c1-4-17-8-7-16(9-11(17)2)10-14(3,13(18)19)15-12-5-6-12/h11-12,15H,4-10H2,1-3H3,(H,18,19). The third kappa shape index (κ3) is 3.68. The van der Waals surface area contributed by atoms with Crippen LogP contribution in [0.15, 0.2) is 0 Å². The minimum Gasteiger partial charge on any atom is -0.480 e. The van der Waals surface area contributed by atoms with Crippen LogP contribution in [0, 0.1) is 0 Å². The van der Waals surface area contributed by atoms with Crippen molar-refractivity contribution in [3.63, 3.8) is 0 Å². The molecule has 2 unspecified atom stereocenters. The largest absolute Gasteiger partial charge is 0.480 e. The molecular weight excluding hydrogens is 242 g/mol. The molecule has 5 heteroatoms. The maximum atomic E-state index is 11.6. The minimum atomic E-state index is -0.810. The van der Waals surface area contributed by atoms with E-state index in [1.807, 2.05) is 6.92 Å². The SMILES string of the molecule is CCN1CCN(CC(C)(NC2CC2)C(=O)O)CC1C. The Kier molecular flexibility index (Phi) is 4.48. The molecule has 110 valence electrons. The topological polar surface area (TPSA) is 55.8 Å². The van der Waals surface area contributed by atoms with Gasteiger partial charge in [-0.3, -0.25) is 19.9 Å². The first-order chi connectivity index (χ1) is 8.94. The molecule has 19 heavy (non-hydrogen) atoms. The number of likely N-dealkylation sites (N-methyl/N-ethyl adjacent to an activating group) is 1. The summed E-state index contributed by atoms with van der Waals surface area (Å²) < 4.78 is 0. The van der Waals surface area contributed by atoms with Crippen molar-refractivity contribution in [3.05, 3.63) is 0 Å². The monoisotopic (exact) mass is 269 g/mol. The molecule has 1 saturated heterocycles. The van der Waals surface area contributed by atoms with Crippen molar-refractivity contribution in [1.82, 2.24) is 15.1 Å². The molecule has 2 rings (SSSR count). The number of carbonyl (C=O) groups is 1. The second-order valence-electron chi connectivity index (χ2n) is 6.27. The highest BCUT2D eigenvalue weighted by Crippen LogP contribution is 2.24. The number of aliphatic carboxylic acids is 1. The van der Waals surface area contributed by atoms with Gasteiger partial charge in [0, 0.05) is 38.3 Å². The van der Waals surface area contributed by atoms with Gasteiger partial charge in [-0.25, -0.2) is 0 Å². The molecule has 2 aliphatic rings. The number of rotatable bonds is 6. The molecule has 1 aliphatic carbocycles. The van der Waals surface area contributed by atoms with Gasteiger partial charge in [-0.05, 0) is 33.2 Å². The Morgan fingerprint density at radius 2 is 2.11 bits per heavy atom. The molecule has 2 fully saturated rings. The zero-order valence-corrected chi connectivity index (χ0v) is 12.4. The lowest BCUT2D eigenvalue weighted by atomic mass is 10.0. The number of piperazine rings is 1. The second kappa shape index (κ2) is 5.77. The van der Waals surface area contributed by atoms with E-state index in [1.54, 1.807) is 0 Å². The van der Waals surface area contributed by atoms with Crippen LogP contribution in [-0.4, -0.2) is 71.2 Å². The molecule has 1 aliphatic heterocycles. The van der Waals surface area contributed by atoms with Crippen molar-refractivity contribution in [2.45, 2.75) is 51.2 Å². The molecule has 0 amide bonds. The van der Waals surface area contributed by atoms with Crippen LogP contribution in [0.25, 0.3) is 0 Å². The minimum absolute atomic E-state index is 0.412. The van der Waals surface area contributed by atoms with Gasteiger partial charge in [0.25, 0.3) is 0 Å². The van der Waals surface area contributed by atoms with Gasteiger partial charge in [0.2, 0.25) is 0 Å². The summed E-state index contributed by atoms with van der Waals surface area (Å²) >= 11 is 0. The van der Waals surface area contributed by atoms with Gasteiger partial charge in [-0.1, -0.05) is 6.92 Å². The van der Waals surface area contributed by atoms with Crippen LogP contribution < -0.4 is 5.32 Å². The molecule has 2 atom stereocenters. The van der Waals surface area contributed by atoms with Gasteiger partial charge in [0.05, 0.1) is 0 Å². The van der Waals surface area contributed by atoms with Crippen LogP contribution in [0.3, 0.4) is 0 Å². The number of nitrogens with zero attached hydrogens (tertiary/aromatic N) is 2. The van der Waals surface area contributed by atoms with Crippen LogP contribution in [0.2, 0.25) is 0 Å². The maximum absolute atomic E-state index is 11.6. The van der Waals surface area contributed by atoms with Gasteiger partial charge in [0.1, 0.15) is 5.54 Å². The third-order valence-electron chi connectivity index (χ3n) is 4.37. The van der Waals surface area contributed by atoms with Crippen molar-refractivity contribution >= 4 is 5.97 Å². The highest BCUT2D eigenvalue weighted by Gasteiger charge is 2.40. The molecule has 0 radical (unpaired) electrons. The number of nitrogens with one attached hydrogen (secondary N) is 1. The van der Waals surface area contributed by atoms with Crippen molar-refractivity contribution in [2.75, 3.05) is 32.7 Å². The first-order valence-corrected chi connectivity index (χ1v) is 7.42. The van der Waals surface area contributed by atoms with Crippen LogP contribution in [0.4, 0.5) is 0 Å². The summed E-state index contributed by atoms with van der Waals surface area (Å²) in [6, 6.07) is 0.924. The molecule has 0 aromatic rings. The van der Waals surface area contributed by atoms with Crippen molar-refractivity contribution in [2.24, 2.45) is 0 Å². The Labute approximate surface area is 115 Å². The second-order valence-corrected chi connectivity index (χ2v) is 6.27. The van der Waals surface area contributed by atoms with E-state index in [2.05, 4.69) is 29.0 Å². The molecular formula is C14H27N3O2. The smallest absolute Gasteiger partial charge is 0.324 e. The van der Waals surface area contributed by atoms with Crippen LogP contribution in [-0.2, 0) is 4.79 Å². The Morgan fingerprint density at radius 1 is 1.42 bits per heavy atom. The molecule has 0 spiro atoms. The summed E-state index contributed by atoms with van der Waals surface area (Å²) in [6.07, 6.45) is 2.23. The van der Waals surface area contributed by atoms with E-state index < -0.39 is 11.5 Å². The van der Waals surface area contributed by atoms with Crippen molar-refractivity contribution in [1.29, 1.82) is 0 Å². The number of hydrogen-bond donors (Lipinski definition) is 2. The lowest BCUT2D eigenvalue weighted by Crippen LogP contribution is -2.61. The number of carboxylic acid groups (broad SMARTS) is 1. The zero-order valence-electron chi connectivity index (χ0n) is 12.4. The average molecular weight is 269 g/mol. The van der Waals surface area contributed by atoms with E-state index in [0.717, 1.165) is 39.0 Å². The Morgan fingerprint density at radius 3 is 2.58 bits per heavy atom. The van der Waals surface area contributed by atoms with E-state index in [9.17, 15) is 9.90 Å². The van der Waals surface area contributed by atoms with Crippen molar-refractivity contribution < 1.29 is 9.90 Å². The van der Waals surface area contributed by atoms with Crippen LogP contribution in [0.1, 0.15) is 33.6 Å². The third-order valence-corrected chi connectivity index (χ3v) is 4.37. The molecule has 1 saturated carbocycles. The lowest BCUT2D eigenvalue weighted by Gasteiger charge is -2.42. The summed E-state index contributed by atoms with van der Waals surface area (Å²) in [7, 11) is 0. The lowest BCUT2D eigenvalue weighted by molar-refractivity contribution is -0.145. The predicted octanol–water partition coefficient (Wildman–Crippen LogP) is 0.608. The summed E-state index contributed by atoms with van der Waals surface area (Å²) in [5.74, 6) is -0.732. The quantitative estimate of drug-likeness (QED) is 0.740. The Bertz CT molecular complexity index is 333. The van der Waals surface area contributed by atoms with Gasteiger partial charge in [-0.2, -0.15) is 0 Å². The summed E-state index contributed by atoms with van der Waals surface area (Å²) in [6.45, 7) is 10.9. The van der Waals surface area contributed by atoms with E-state index in [-0.39, 0.29) is 0 Å². The number of hydrogen-bond acceptors (Lipinski definition) is 4. The first kappa shape index (κ1) is 14.8. The molecule has 0 bridgehead atoms. The first-order valence-electron chi connectivity index (χ1n) is 7.42. The molecule has 1 heterocycles. The molecule has 2 N–H and O–H groups in total. The Balaban J connectivity index is 1.92. The normalized spacial score (nSPS) is 29.1. The van der Waals surface area contributed by atoms with Gasteiger partial charge < -0.3 is 5.11 Å². The van der Waals surface area contributed by atoms with E-state index in [0.29, 0.717) is 18.6 Å². The summed E-state index contributed by atoms with van der Waals surface area (Å²) in [5, 5.41) is 12.8. The molecule has 5 nitrogen and oxygen atoms in total. The zero-order chi connectivity index (χ0) is 14.0.